The summed E-state index contributed by atoms with van der Waals surface area (Å²) in [5.41, 5.74) is 5.08. The van der Waals surface area contributed by atoms with E-state index < -0.39 is 0 Å². The third-order valence-corrected chi connectivity index (χ3v) is 7.05. The predicted octanol–water partition coefficient (Wildman–Crippen LogP) is 5.43. The van der Waals surface area contributed by atoms with Gasteiger partial charge in [0.05, 0.1) is 11.1 Å². The molecule has 8 heteroatoms. The highest BCUT2D eigenvalue weighted by atomic mass is 32.2. The van der Waals surface area contributed by atoms with Gasteiger partial charge in [0.25, 0.3) is 0 Å². The molecule has 30 heavy (non-hydrogen) atoms. The molecule has 4 rings (SSSR count). The van der Waals surface area contributed by atoms with Crippen molar-refractivity contribution in [3.05, 3.63) is 45.6 Å². The second-order valence-electron chi connectivity index (χ2n) is 7.94. The van der Waals surface area contributed by atoms with Gasteiger partial charge in [-0.15, -0.1) is 21.5 Å². The summed E-state index contributed by atoms with van der Waals surface area (Å²) in [6.07, 6.45) is 0. The third kappa shape index (κ3) is 3.81. The lowest BCUT2D eigenvalue weighted by molar-refractivity contribution is -0.113. The average Bonchev–Trinajstić information content (AvgIpc) is 3.19. The lowest BCUT2D eigenvalue weighted by Crippen LogP contribution is -2.15. The molecule has 3 aromatic heterocycles. The molecule has 0 saturated carbocycles. The summed E-state index contributed by atoms with van der Waals surface area (Å²) >= 11 is 3.08. The van der Waals surface area contributed by atoms with Gasteiger partial charge in [0, 0.05) is 16.5 Å². The number of nitrogens with one attached hydrogen (secondary N) is 1. The third-order valence-electron chi connectivity index (χ3n) is 5.02. The Morgan fingerprint density at radius 1 is 1.13 bits per heavy atom. The van der Waals surface area contributed by atoms with Crippen molar-refractivity contribution in [2.45, 2.75) is 52.6 Å². The van der Waals surface area contributed by atoms with Crippen LogP contribution in [0.5, 0.6) is 0 Å². The number of anilines is 1. The maximum Gasteiger partial charge on any atom is 0.234 e. The standard InChI is InChI=1S/C22H25N5OS2/c1-11(2)19-24-21-18(14(5)15(6)30-21)20-25-26-22(27(19)20)29-10-17(28)23-16-8-12(3)7-13(4)9-16/h7-9,11H,10H2,1-6H3,(H,23,28). The molecule has 0 spiro atoms. The van der Waals surface area contributed by atoms with E-state index in [9.17, 15) is 4.79 Å². The van der Waals surface area contributed by atoms with Gasteiger partial charge in [-0.3, -0.25) is 9.20 Å². The number of carbonyl (C=O) groups is 1. The van der Waals surface area contributed by atoms with E-state index in [1.165, 1.54) is 22.2 Å². The van der Waals surface area contributed by atoms with Crippen LogP contribution in [-0.4, -0.2) is 31.2 Å². The molecular formula is C22H25N5OS2. The van der Waals surface area contributed by atoms with Crippen molar-refractivity contribution in [3.8, 4) is 0 Å². The van der Waals surface area contributed by atoms with Crippen LogP contribution in [0.1, 0.15) is 47.2 Å². The first-order valence-corrected chi connectivity index (χ1v) is 11.7. The van der Waals surface area contributed by atoms with E-state index >= 15 is 0 Å². The molecule has 0 aliphatic rings. The van der Waals surface area contributed by atoms with Crippen LogP contribution in [0.2, 0.25) is 0 Å². The average molecular weight is 440 g/mol. The summed E-state index contributed by atoms with van der Waals surface area (Å²) in [6.45, 7) is 12.5. The summed E-state index contributed by atoms with van der Waals surface area (Å²) in [5, 5.41) is 13.6. The molecule has 1 amide bonds. The summed E-state index contributed by atoms with van der Waals surface area (Å²) < 4.78 is 2.01. The Bertz CT molecular complexity index is 1250. The minimum absolute atomic E-state index is 0.0653. The van der Waals surface area contributed by atoms with Gasteiger partial charge in [-0.2, -0.15) is 0 Å². The highest BCUT2D eigenvalue weighted by Gasteiger charge is 2.21. The van der Waals surface area contributed by atoms with Crippen molar-refractivity contribution in [3.63, 3.8) is 0 Å². The van der Waals surface area contributed by atoms with Gasteiger partial charge in [0.2, 0.25) is 5.91 Å². The summed E-state index contributed by atoms with van der Waals surface area (Å²) in [7, 11) is 0. The molecule has 1 N–H and O–H groups in total. The fourth-order valence-corrected chi connectivity index (χ4v) is 5.37. The highest BCUT2D eigenvalue weighted by molar-refractivity contribution is 7.99. The first-order chi connectivity index (χ1) is 14.2. The van der Waals surface area contributed by atoms with Crippen molar-refractivity contribution < 1.29 is 4.79 Å². The number of hydrogen-bond acceptors (Lipinski definition) is 6. The van der Waals surface area contributed by atoms with Crippen molar-refractivity contribution in [2.75, 3.05) is 11.1 Å². The maximum absolute atomic E-state index is 12.6. The second kappa shape index (κ2) is 8.00. The van der Waals surface area contributed by atoms with Crippen LogP contribution < -0.4 is 5.32 Å². The van der Waals surface area contributed by atoms with Gasteiger partial charge in [-0.1, -0.05) is 31.7 Å². The second-order valence-corrected chi connectivity index (χ2v) is 10.1. The first-order valence-electron chi connectivity index (χ1n) is 9.90. The van der Waals surface area contributed by atoms with E-state index in [1.54, 1.807) is 11.3 Å². The van der Waals surface area contributed by atoms with Crippen LogP contribution >= 0.6 is 23.1 Å². The number of aryl methyl sites for hydroxylation is 4. The number of rotatable bonds is 5. The lowest BCUT2D eigenvalue weighted by atomic mass is 10.1. The van der Waals surface area contributed by atoms with Crippen LogP contribution in [0, 0.1) is 27.7 Å². The molecule has 0 saturated heterocycles. The monoisotopic (exact) mass is 439 g/mol. The zero-order valence-electron chi connectivity index (χ0n) is 18.0. The number of hydrogen-bond donors (Lipinski definition) is 1. The Hall–Kier alpha value is -2.45. The summed E-state index contributed by atoms with van der Waals surface area (Å²) in [4.78, 5) is 19.7. The molecule has 4 aromatic rings. The Balaban J connectivity index is 1.64. The number of benzene rings is 1. The van der Waals surface area contributed by atoms with Crippen molar-refractivity contribution in [1.29, 1.82) is 0 Å². The van der Waals surface area contributed by atoms with E-state index in [0.717, 1.165) is 38.5 Å². The number of amides is 1. The largest absolute Gasteiger partial charge is 0.325 e. The van der Waals surface area contributed by atoms with Gasteiger partial charge in [0.15, 0.2) is 10.8 Å². The van der Waals surface area contributed by atoms with E-state index in [1.807, 2.05) is 30.4 Å². The molecule has 3 heterocycles. The maximum atomic E-state index is 12.6. The first kappa shape index (κ1) is 20.8. The number of nitrogens with zero attached hydrogens (tertiary/aromatic N) is 4. The molecular weight excluding hydrogens is 414 g/mol. The highest BCUT2D eigenvalue weighted by Crippen LogP contribution is 2.34. The smallest absolute Gasteiger partial charge is 0.234 e. The Kier molecular flexibility index (Phi) is 5.55. The van der Waals surface area contributed by atoms with Crippen LogP contribution in [0.15, 0.2) is 23.4 Å². The molecule has 0 bridgehead atoms. The molecule has 0 radical (unpaired) electrons. The summed E-state index contributed by atoms with van der Waals surface area (Å²) in [5.74, 6) is 1.31. The van der Waals surface area contributed by atoms with E-state index in [4.69, 9.17) is 4.98 Å². The fourth-order valence-electron chi connectivity index (χ4n) is 3.60. The minimum atomic E-state index is -0.0653. The Morgan fingerprint density at radius 2 is 1.83 bits per heavy atom. The molecule has 0 unspecified atom stereocenters. The molecule has 156 valence electrons. The molecule has 6 nitrogen and oxygen atoms in total. The molecule has 0 aliphatic carbocycles. The van der Waals surface area contributed by atoms with E-state index in [0.29, 0.717) is 5.16 Å². The van der Waals surface area contributed by atoms with Crippen LogP contribution in [-0.2, 0) is 4.79 Å². The Labute approximate surface area is 184 Å². The van der Waals surface area contributed by atoms with E-state index in [2.05, 4.69) is 49.3 Å². The fraction of sp³-hybridized carbons (Fsp3) is 0.364. The number of carbonyl (C=O) groups excluding carboxylic acids is 1. The quantitative estimate of drug-likeness (QED) is 0.420. The van der Waals surface area contributed by atoms with E-state index in [-0.39, 0.29) is 17.6 Å². The van der Waals surface area contributed by atoms with Crippen LogP contribution in [0.4, 0.5) is 5.69 Å². The predicted molar refractivity (Wildman–Crippen MR) is 125 cm³/mol. The van der Waals surface area contributed by atoms with Gasteiger partial charge in [-0.05, 0) is 56.5 Å². The SMILES string of the molecule is Cc1cc(C)cc(NC(=O)CSc2nnc3c4c(C)c(C)sc4nc(C(C)C)n23)c1. The summed E-state index contributed by atoms with van der Waals surface area (Å²) in [6, 6.07) is 6.03. The van der Waals surface area contributed by atoms with Crippen molar-refractivity contribution in [1.82, 2.24) is 19.6 Å². The molecule has 1 aromatic carbocycles. The Morgan fingerprint density at radius 3 is 2.50 bits per heavy atom. The number of aromatic nitrogens is 4. The number of thiophene rings is 1. The van der Waals surface area contributed by atoms with Crippen molar-refractivity contribution in [2.24, 2.45) is 0 Å². The van der Waals surface area contributed by atoms with Crippen molar-refractivity contribution >= 4 is 50.6 Å². The van der Waals surface area contributed by atoms with Gasteiger partial charge in [-0.25, -0.2) is 4.98 Å². The van der Waals surface area contributed by atoms with Gasteiger partial charge >= 0.3 is 0 Å². The zero-order chi connectivity index (χ0) is 21.6. The topological polar surface area (TPSA) is 72.2 Å². The van der Waals surface area contributed by atoms with Crippen LogP contribution in [0.3, 0.4) is 0 Å². The minimum Gasteiger partial charge on any atom is -0.325 e. The molecule has 0 aliphatic heterocycles. The number of fused-ring (bicyclic) bond motifs is 3. The molecule has 0 fully saturated rings. The lowest BCUT2D eigenvalue weighted by Gasteiger charge is -2.11. The number of thioether (sulfide) groups is 1. The normalized spacial score (nSPS) is 11.7. The molecule has 0 atom stereocenters. The van der Waals surface area contributed by atoms with Crippen LogP contribution in [0.25, 0.3) is 15.9 Å². The zero-order valence-corrected chi connectivity index (χ0v) is 19.7. The van der Waals surface area contributed by atoms with Gasteiger partial charge < -0.3 is 5.32 Å². The van der Waals surface area contributed by atoms with Gasteiger partial charge in [0.1, 0.15) is 10.7 Å².